The summed E-state index contributed by atoms with van der Waals surface area (Å²) in [5.74, 6) is 4.69. The molecule has 2 rings (SSSR count). The highest BCUT2D eigenvalue weighted by Gasteiger charge is 2.38. The molecule has 0 bridgehead atoms. The summed E-state index contributed by atoms with van der Waals surface area (Å²) in [6, 6.07) is 3.31. The number of alkyl halides is 3. The van der Waals surface area contributed by atoms with Crippen molar-refractivity contribution < 1.29 is 18.0 Å². The van der Waals surface area contributed by atoms with Crippen LogP contribution >= 0.6 is 11.8 Å². The number of nitrogens with zero attached hydrogens (tertiary/aromatic N) is 3. The van der Waals surface area contributed by atoms with Gasteiger partial charge in [-0.05, 0) is 24.8 Å². The van der Waals surface area contributed by atoms with Crippen LogP contribution in [0, 0.1) is 18.3 Å². The van der Waals surface area contributed by atoms with Gasteiger partial charge >= 0.3 is 12.2 Å². The fourth-order valence-electron chi connectivity index (χ4n) is 2.47. The lowest BCUT2D eigenvalue weighted by Crippen LogP contribution is -2.34. The SMILES string of the molecule is CSc1nc(N)nc(-c2ccc(NC(=O)NN)c(C)c2C(F)(F)F)c1C#N. The first-order chi connectivity index (χ1) is 12.6. The van der Waals surface area contributed by atoms with E-state index in [2.05, 4.69) is 15.3 Å². The van der Waals surface area contributed by atoms with E-state index in [0.29, 0.717) is 0 Å². The number of hydrogen-bond donors (Lipinski definition) is 4. The number of nitrogen functional groups attached to an aromatic ring is 1. The highest BCUT2D eigenvalue weighted by atomic mass is 32.2. The first-order valence-corrected chi connectivity index (χ1v) is 8.46. The normalized spacial score (nSPS) is 11.0. The number of nitrogens with one attached hydrogen (secondary N) is 2. The van der Waals surface area contributed by atoms with Crippen molar-refractivity contribution in [2.24, 2.45) is 5.84 Å². The average Bonchev–Trinajstić information content (AvgIpc) is 2.60. The first kappa shape index (κ1) is 20.3. The van der Waals surface area contributed by atoms with Crippen LogP contribution in [0.4, 0.5) is 29.6 Å². The molecule has 6 N–H and O–H groups in total. The maximum Gasteiger partial charge on any atom is 0.417 e. The van der Waals surface area contributed by atoms with Gasteiger partial charge in [-0.25, -0.2) is 20.6 Å². The zero-order chi connectivity index (χ0) is 20.4. The Morgan fingerprint density at radius 3 is 2.52 bits per heavy atom. The van der Waals surface area contributed by atoms with E-state index in [-0.39, 0.29) is 39.0 Å². The van der Waals surface area contributed by atoms with Gasteiger partial charge in [0.2, 0.25) is 5.95 Å². The standard InChI is InChI=1S/C15H14F3N7OS/c1-6-9(22-14(26)25-21)4-3-7(10(6)15(16,17)18)11-8(5-19)12(27-2)24-13(20)23-11/h3-4H,21H2,1-2H3,(H2,20,23,24)(H2,22,25,26). The molecule has 0 radical (unpaired) electrons. The molecule has 0 unspecified atom stereocenters. The second kappa shape index (κ2) is 7.68. The van der Waals surface area contributed by atoms with Gasteiger partial charge in [0.15, 0.2) is 0 Å². The van der Waals surface area contributed by atoms with Crippen molar-refractivity contribution >= 4 is 29.4 Å². The number of urea groups is 1. The molecule has 0 saturated carbocycles. The van der Waals surface area contributed by atoms with Crippen LogP contribution < -0.4 is 22.3 Å². The zero-order valence-corrected chi connectivity index (χ0v) is 14.9. The summed E-state index contributed by atoms with van der Waals surface area (Å²) in [4.78, 5) is 19.1. The fourth-order valence-corrected chi connectivity index (χ4v) is 3.00. The van der Waals surface area contributed by atoms with Gasteiger partial charge in [-0.3, -0.25) is 5.43 Å². The monoisotopic (exact) mass is 397 g/mol. The van der Waals surface area contributed by atoms with Gasteiger partial charge in [0.25, 0.3) is 0 Å². The highest BCUT2D eigenvalue weighted by Crippen LogP contribution is 2.42. The maximum absolute atomic E-state index is 13.8. The van der Waals surface area contributed by atoms with Gasteiger partial charge in [0.05, 0.1) is 11.3 Å². The summed E-state index contributed by atoms with van der Waals surface area (Å²) in [6.45, 7) is 1.19. The van der Waals surface area contributed by atoms with Gasteiger partial charge in [0, 0.05) is 11.3 Å². The number of hydrazine groups is 1. The highest BCUT2D eigenvalue weighted by molar-refractivity contribution is 7.98. The molecule has 1 aromatic heterocycles. The third kappa shape index (κ3) is 4.04. The second-order valence-electron chi connectivity index (χ2n) is 5.18. The van der Waals surface area contributed by atoms with Crippen molar-refractivity contribution in [2.45, 2.75) is 18.1 Å². The van der Waals surface area contributed by atoms with Crippen molar-refractivity contribution in [3.8, 4) is 17.3 Å². The maximum atomic E-state index is 13.8. The number of hydrogen-bond acceptors (Lipinski definition) is 7. The Morgan fingerprint density at radius 2 is 2.00 bits per heavy atom. The fraction of sp³-hybridized carbons (Fsp3) is 0.200. The summed E-state index contributed by atoms with van der Waals surface area (Å²) in [7, 11) is 0. The number of amides is 2. The molecule has 8 nitrogen and oxygen atoms in total. The molecule has 0 fully saturated rings. The molecular formula is C15H14F3N7OS. The van der Waals surface area contributed by atoms with Crippen molar-refractivity contribution in [1.82, 2.24) is 15.4 Å². The van der Waals surface area contributed by atoms with Crippen molar-refractivity contribution in [1.29, 1.82) is 5.26 Å². The molecule has 0 atom stereocenters. The van der Waals surface area contributed by atoms with Crippen LogP contribution in [0.15, 0.2) is 17.2 Å². The first-order valence-electron chi connectivity index (χ1n) is 7.24. The minimum Gasteiger partial charge on any atom is -0.368 e. The number of rotatable bonds is 3. The van der Waals surface area contributed by atoms with E-state index in [1.807, 2.05) is 6.07 Å². The number of carbonyl (C=O) groups is 1. The van der Waals surface area contributed by atoms with Gasteiger partial charge in [-0.2, -0.15) is 18.4 Å². The molecule has 27 heavy (non-hydrogen) atoms. The zero-order valence-electron chi connectivity index (χ0n) is 14.1. The number of anilines is 2. The van der Waals surface area contributed by atoms with E-state index in [0.717, 1.165) is 17.8 Å². The number of aromatic nitrogens is 2. The van der Waals surface area contributed by atoms with Crippen LogP contribution in [0.5, 0.6) is 0 Å². The Balaban J connectivity index is 2.83. The number of carbonyl (C=O) groups excluding carboxylic acids is 1. The number of benzene rings is 1. The van der Waals surface area contributed by atoms with Crippen molar-refractivity contribution in [2.75, 3.05) is 17.3 Å². The van der Waals surface area contributed by atoms with Gasteiger partial charge < -0.3 is 11.1 Å². The van der Waals surface area contributed by atoms with Gasteiger partial charge in [-0.1, -0.05) is 6.07 Å². The lowest BCUT2D eigenvalue weighted by atomic mass is 9.95. The van der Waals surface area contributed by atoms with Crippen molar-refractivity contribution in [3.05, 3.63) is 28.8 Å². The number of halogens is 3. The molecule has 0 aliphatic heterocycles. The molecule has 1 heterocycles. The van der Waals surface area contributed by atoms with Crippen LogP contribution in [-0.4, -0.2) is 22.3 Å². The summed E-state index contributed by atoms with van der Waals surface area (Å²) in [5.41, 5.74) is 5.24. The van der Waals surface area contributed by atoms with Crippen LogP contribution in [0.25, 0.3) is 11.3 Å². The number of nitriles is 1. The molecule has 0 aliphatic carbocycles. The average molecular weight is 397 g/mol. The van der Waals surface area contributed by atoms with E-state index in [4.69, 9.17) is 11.6 Å². The Bertz CT molecular complexity index is 940. The van der Waals surface area contributed by atoms with Crippen LogP contribution in [0.2, 0.25) is 0 Å². The predicted octanol–water partition coefficient (Wildman–Crippen LogP) is 2.64. The second-order valence-corrected chi connectivity index (χ2v) is 5.98. The van der Waals surface area contributed by atoms with E-state index < -0.39 is 17.8 Å². The summed E-state index contributed by atoms with van der Waals surface area (Å²) >= 11 is 1.06. The molecule has 0 spiro atoms. The molecule has 2 amide bonds. The van der Waals surface area contributed by atoms with E-state index >= 15 is 0 Å². The molecule has 142 valence electrons. The van der Waals surface area contributed by atoms with Gasteiger partial charge in [0.1, 0.15) is 16.7 Å². The Labute approximate surface area is 156 Å². The summed E-state index contributed by atoms with van der Waals surface area (Å²) in [5, 5.41) is 11.8. The minimum absolute atomic E-state index is 0.0975. The molecule has 0 aliphatic rings. The Kier molecular flexibility index (Phi) is 5.77. The summed E-state index contributed by atoms with van der Waals surface area (Å²) in [6.07, 6.45) is -3.18. The number of thioether (sulfide) groups is 1. The van der Waals surface area contributed by atoms with Crippen LogP contribution in [-0.2, 0) is 6.18 Å². The lowest BCUT2D eigenvalue weighted by Gasteiger charge is -2.19. The smallest absolute Gasteiger partial charge is 0.368 e. The third-order valence-corrected chi connectivity index (χ3v) is 4.26. The topological polar surface area (TPSA) is 143 Å². The van der Waals surface area contributed by atoms with E-state index in [1.54, 1.807) is 11.7 Å². The lowest BCUT2D eigenvalue weighted by molar-refractivity contribution is -0.137. The molecular weight excluding hydrogens is 383 g/mol. The largest absolute Gasteiger partial charge is 0.417 e. The van der Waals surface area contributed by atoms with Crippen LogP contribution in [0.1, 0.15) is 16.7 Å². The third-order valence-electron chi connectivity index (χ3n) is 3.58. The Morgan fingerprint density at radius 1 is 1.33 bits per heavy atom. The minimum atomic E-state index is -4.79. The Hall–Kier alpha value is -3.04. The molecule has 2 aromatic rings. The van der Waals surface area contributed by atoms with E-state index in [1.165, 1.54) is 13.0 Å². The van der Waals surface area contributed by atoms with E-state index in [9.17, 15) is 23.2 Å². The van der Waals surface area contributed by atoms with Crippen LogP contribution in [0.3, 0.4) is 0 Å². The van der Waals surface area contributed by atoms with Gasteiger partial charge in [-0.15, -0.1) is 11.8 Å². The quantitative estimate of drug-likeness (QED) is 0.205. The molecule has 0 saturated heterocycles. The molecule has 12 heteroatoms. The molecule has 1 aromatic carbocycles. The number of nitrogens with two attached hydrogens (primary N) is 2. The van der Waals surface area contributed by atoms with Crippen molar-refractivity contribution in [3.63, 3.8) is 0 Å². The predicted molar refractivity (Wildman–Crippen MR) is 94.5 cm³/mol. The summed E-state index contributed by atoms with van der Waals surface area (Å²) < 4.78 is 41.4.